The molecule has 40 heavy (non-hydrogen) atoms. The van der Waals surface area contributed by atoms with Crippen LogP contribution in [0.1, 0.15) is 24.0 Å². The highest BCUT2D eigenvalue weighted by Crippen LogP contribution is 2.19. The lowest BCUT2D eigenvalue weighted by molar-refractivity contribution is -0.141. The fraction of sp³-hybridized carbons (Fsp3) is 0.296. The standard InChI is InChI=1S/C27H32N6O7/c28-19(9-10-23(29)35)25(37)33-21(12-16-13-30-20-4-2-1-3-18(16)20)26(38)31-14-24(36)32-22(27(39)40)11-15-5-7-17(34)8-6-15/h1-8,13,19,21-22,30,34H,9-12,14,28H2,(H2,29,35)(H,31,38)(H,32,36)(H,33,37)(H,39,40). The number of hydrogen-bond acceptors (Lipinski definition) is 7. The van der Waals surface area contributed by atoms with Gasteiger partial charge in [-0.05, 0) is 35.7 Å². The van der Waals surface area contributed by atoms with Gasteiger partial charge in [0.15, 0.2) is 0 Å². The Morgan fingerprint density at radius 1 is 0.900 bits per heavy atom. The lowest BCUT2D eigenvalue weighted by Gasteiger charge is -2.21. The minimum atomic E-state index is -1.28. The van der Waals surface area contributed by atoms with Crippen molar-refractivity contribution >= 4 is 40.5 Å². The number of aliphatic carboxylic acids is 1. The van der Waals surface area contributed by atoms with Crippen molar-refractivity contribution in [1.82, 2.24) is 20.9 Å². The molecule has 1 heterocycles. The molecule has 4 amide bonds. The maximum absolute atomic E-state index is 13.1. The zero-order chi connectivity index (χ0) is 29.2. The van der Waals surface area contributed by atoms with Gasteiger partial charge in [0.25, 0.3) is 0 Å². The van der Waals surface area contributed by atoms with Crippen LogP contribution in [-0.4, -0.2) is 69.5 Å². The number of amides is 4. The number of H-pyrrole nitrogens is 1. The van der Waals surface area contributed by atoms with E-state index in [-0.39, 0.29) is 31.4 Å². The van der Waals surface area contributed by atoms with Crippen molar-refractivity contribution in [2.24, 2.45) is 11.5 Å². The molecule has 0 fully saturated rings. The van der Waals surface area contributed by atoms with Crippen molar-refractivity contribution in [3.8, 4) is 5.75 Å². The van der Waals surface area contributed by atoms with E-state index in [4.69, 9.17) is 11.5 Å². The number of para-hydroxylation sites is 1. The predicted molar refractivity (Wildman–Crippen MR) is 145 cm³/mol. The van der Waals surface area contributed by atoms with Crippen LogP contribution in [0.15, 0.2) is 54.7 Å². The van der Waals surface area contributed by atoms with E-state index in [2.05, 4.69) is 20.9 Å². The highest BCUT2D eigenvalue weighted by atomic mass is 16.4. The summed E-state index contributed by atoms with van der Waals surface area (Å²) in [6, 6.07) is 9.74. The monoisotopic (exact) mass is 552 g/mol. The van der Waals surface area contributed by atoms with Crippen LogP contribution in [0.4, 0.5) is 0 Å². The van der Waals surface area contributed by atoms with Crippen molar-refractivity contribution in [2.45, 2.75) is 43.8 Å². The summed E-state index contributed by atoms with van der Waals surface area (Å²) in [5.74, 6) is -4.00. The normalized spacial score (nSPS) is 13.1. The van der Waals surface area contributed by atoms with Gasteiger partial charge in [-0.2, -0.15) is 0 Å². The van der Waals surface area contributed by atoms with Gasteiger partial charge in [-0.15, -0.1) is 0 Å². The molecule has 0 aliphatic heterocycles. The molecule has 2 aromatic carbocycles. The van der Waals surface area contributed by atoms with Crippen molar-refractivity contribution in [2.75, 3.05) is 6.54 Å². The van der Waals surface area contributed by atoms with Gasteiger partial charge in [0, 0.05) is 36.4 Å². The summed E-state index contributed by atoms with van der Waals surface area (Å²) in [5.41, 5.74) is 13.1. The molecule has 212 valence electrons. The molecule has 0 bridgehead atoms. The van der Waals surface area contributed by atoms with Gasteiger partial charge >= 0.3 is 5.97 Å². The Balaban J connectivity index is 1.66. The summed E-state index contributed by atoms with van der Waals surface area (Å²) in [7, 11) is 0. The first-order valence-corrected chi connectivity index (χ1v) is 12.5. The van der Waals surface area contributed by atoms with Crippen molar-refractivity contribution in [3.05, 3.63) is 65.9 Å². The number of phenols is 1. The first-order chi connectivity index (χ1) is 19.0. The number of rotatable bonds is 14. The van der Waals surface area contributed by atoms with E-state index >= 15 is 0 Å². The van der Waals surface area contributed by atoms with Crippen LogP contribution in [-0.2, 0) is 36.8 Å². The minimum Gasteiger partial charge on any atom is -0.508 e. The van der Waals surface area contributed by atoms with Gasteiger partial charge < -0.3 is 42.6 Å². The summed E-state index contributed by atoms with van der Waals surface area (Å²) < 4.78 is 0. The van der Waals surface area contributed by atoms with E-state index in [0.29, 0.717) is 5.56 Å². The van der Waals surface area contributed by atoms with Gasteiger partial charge in [0.05, 0.1) is 12.6 Å². The largest absolute Gasteiger partial charge is 0.508 e. The number of fused-ring (bicyclic) bond motifs is 1. The van der Waals surface area contributed by atoms with Gasteiger partial charge in [-0.25, -0.2) is 4.79 Å². The Labute approximate surface area is 229 Å². The van der Waals surface area contributed by atoms with Gasteiger partial charge in [-0.1, -0.05) is 30.3 Å². The number of carboxylic acids is 1. The van der Waals surface area contributed by atoms with Crippen molar-refractivity contribution in [3.63, 3.8) is 0 Å². The van der Waals surface area contributed by atoms with Crippen molar-refractivity contribution in [1.29, 1.82) is 0 Å². The number of nitrogens with one attached hydrogen (secondary N) is 4. The Bertz CT molecular complexity index is 1370. The van der Waals surface area contributed by atoms with Gasteiger partial charge in [0.1, 0.15) is 17.8 Å². The van der Waals surface area contributed by atoms with E-state index in [0.717, 1.165) is 16.5 Å². The number of hydrogen-bond donors (Lipinski definition) is 8. The molecule has 3 aromatic rings. The molecule has 0 spiro atoms. The first-order valence-electron chi connectivity index (χ1n) is 12.5. The summed E-state index contributed by atoms with van der Waals surface area (Å²) >= 11 is 0. The Hall–Kier alpha value is -4.91. The smallest absolute Gasteiger partial charge is 0.326 e. The summed E-state index contributed by atoms with van der Waals surface area (Å²) in [4.78, 5) is 64.1. The molecule has 3 atom stereocenters. The Morgan fingerprint density at radius 3 is 2.27 bits per heavy atom. The highest BCUT2D eigenvalue weighted by molar-refractivity contribution is 5.93. The Morgan fingerprint density at radius 2 is 1.60 bits per heavy atom. The van der Waals surface area contributed by atoms with E-state index in [9.17, 15) is 34.2 Å². The molecule has 13 nitrogen and oxygen atoms in total. The Kier molecular flexibility index (Phi) is 10.2. The predicted octanol–water partition coefficient (Wildman–Crippen LogP) is -0.578. The SMILES string of the molecule is NC(=O)CCC(N)C(=O)NC(Cc1c[nH]c2ccccc12)C(=O)NCC(=O)NC(Cc1ccc(O)cc1)C(=O)O. The van der Waals surface area contributed by atoms with Crippen LogP contribution in [0.25, 0.3) is 10.9 Å². The average Bonchev–Trinajstić information content (AvgIpc) is 3.33. The topological polar surface area (TPSA) is 230 Å². The lowest BCUT2D eigenvalue weighted by atomic mass is 10.0. The molecule has 3 rings (SSSR count). The quantitative estimate of drug-likeness (QED) is 0.129. The number of carbonyl (C=O) groups is 5. The first kappa shape index (κ1) is 29.6. The lowest BCUT2D eigenvalue weighted by Crippen LogP contribution is -2.54. The molecule has 13 heteroatoms. The van der Waals surface area contributed by atoms with Crippen LogP contribution in [0.2, 0.25) is 0 Å². The fourth-order valence-electron chi connectivity index (χ4n) is 4.04. The number of aromatic hydroxyl groups is 1. The summed E-state index contributed by atoms with van der Waals surface area (Å²) in [6.07, 6.45) is 1.60. The molecular weight excluding hydrogens is 520 g/mol. The maximum Gasteiger partial charge on any atom is 0.326 e. The number of aromatic nitrogens is 1. The molecule has 0 aliphatic rings. The molecule has 0 saturated carbocycles. The molecular formula is C27H32N6O7. The second-order valence-corrected chi connectivity index (χ2v) is 9.28. The van der Waals surface area contributed by atoms with Crippen LogP contribution in [0, 0.1) is 0 Å². The number of aromatic amines is 1. The molecule has 1 aromatic heterocycles. The van der Waals surface area contributed by atoms with Gasteiger partial charge in [0.2, 0.25) is 23.6 Å². The fourth-order valence-corrected chi connectivity index (χ4v) is 4.04. The molecule has 0 radical (unpaired) electrons. The summed E-state index contributed by atoms with van der Waals surface area (Å²) in [5, 5.41) is 27.1. The zero-order valence-electron chi connectivity index (χ0n) is 21.6. The molecule has 0 aliphatic carbocycles. The van der Waals surface area contributed by atoms with E-state index < -0.39 is 54.3 Å². The second-order valence-electron chi connectivity index (χ2n) is 9.28. The number of primary amides is 1. The molecule has 3 unspecified atom stereocenters. The average molecular weight is 553 g/mol. The number of carbonyl (C=O) groups excluding carboxylic acids is 4. The number of carboxylic acid groups (broad SMARTS) is 1. The summed E-state index contributed by atoms with van der Waals surface area (Å²) in [6.45, 7) is -0.549. The van der Waals surface area contributed by atoms with E-state index in [1.165, 1.54) is 24.3 Å². The third-order valence-electron chi connectivity index (χ3n) is 6.20. The highest BCUT2D eigenvalue weighted by Gasteiger charge is 2.26. The maximum atomic E-state index is 13.1. The number of benzene rings is 2. The minimum absolute atomic E-state index is 0.0113. The van der Waals surface area contributed by atoms with Crippen LogP contribution in [0.3, 0.4) is 0 Å². The van der Waals surface area contributed by atoms with E-state index in [1.807, 2.05) is 24.3 Å². The van der Waals surface area contributed by atoms with Crippen LogP contribution in [0.5, 0.6) is 5.75 Å². The third-order valence-corrected chi connectivity index (χ3v) is 6.20. The number of phenolic OH excluding ortho intramolecular Hbond substituents is 1. The molecule has 10 N–H and O–H groups in total. The second kappa shape index (κ2) is 13.8. The molecule has 0 saturated heterocycles. The van der Waals surface area contributed by atoms with Crippen LogP contribution < -0.4 is 27.4 Å². The van der Waals surface area contributed by atoms with Gasteiger partial charge in [-0.3, -0.25) is 19.2 Å². The third kappa shape index (κ3) is 8.56. The zero-order valence-corrected chi connectivity index (χ0v) is 21.6. The van der Waals surface area contributed by atoms with Crippen molar-refractivity contribution < 1.29 is 34.2 Å². The number of nitrogens with two attached hydrogens (primary N) is 2. The van der Waals surface area contributed by atoms with Crippen LogP contribution >= 0.6 is 0 Å². The van der Waals surface area contributed by atoms with E-state index in [1.54, 1.807) is 6.20 Å².